The summed E-state index contributed by atoms with van der Waals surface area (Å²) in [6, 6.07) is 0. The van der Waals surface area contributed by atoms with Crippen LogP contribution in [0.2, 0.25) is 0 Å². The van der Waals surface area contributed by atoms with Crippen molar-refractivity contribution in [2.24, 2.45) is 17.6 Å². The second-order valence-electron chi connectivity index (χ2n) is 5.09. The van der Waals surface area contributed by atoms with Crippen LogP contribution in [0.5, 0.6) is 0 Å². The van der Waals surface area contributed by atoms with Crippen molar-refractivity contribution >= 4 is 0 Å². The highest BCUT2D eigenvalue weighted by Gasteiger charge is 2.25. The maximum atomic E-state index is 5.88. The summed E-state index contributed by atoms with van der Waals surface area (Å²) in [5.74, 6) is 1.59. The van der Waals surface area contributed by atoms with Gasteiger partial charge in [-0.25, -0.2) is 0 Å². The first-order valence-corrected chi connectivity index (χ1v) is 6.85. The van der Waals surface area contributed by atoms with Gasteiger partial charge in [0.15, 0.2) is 0 Å². The monoisotopic (exact) mass is 224 g/mol. The SMILES string of the molecule is C=CCN(CCC)CC1CCCCC1CN. The number of hydrogen-bond acceptors (Lipinski definition) is 2. The van der Waals surface area contributed by atoms with Crippen LogP contribution in [-0.4, -0.2) is 31.1 Å². The van der Waals surface area contributed by atoms with Gasteiger partial charge >= 0.3 is 0 Å². The third kappa shape index (κ3) is 4.26. The Morgan fingerprint density at radius 2 is 2.00 bits per heavy atom. The molecular weight excluding hydrogens is 196 g/mol. The fraction of sp³-hybridized carbons (Fsp3) is 0.857. The maximum Gasteiger partial charge on any atom is 0.0160 e. The molecule has 16 heavy (non-hydrogen) atoms. The van der Waals surface area contributed by atoms with Crippen molar-refractivity contribution < 1.29 is 0 Å². The highest BCUT2D eigenvalue weighted by Crippen LogP contribution is 2.29. The lowest BCUT2D eigenvalue weighted by Crippen LogP contribution is -2.37. The third-order valence-corrected chi connectivity index (χ3v) is 3.79. The van der Waals surface area contributed by atoms with Crippen molar-refractivity contribution in [3.63, 3.8) is 0 Å². The molecule has 0 aromatic heterocycles. The fourth-order valence-electron chi connectivity index (χ4n) is 2.92. The van der Waals surface area contributed by atoms with Crippen LogP contribution in [0.25, 0.3) is 0 Å². The maximum absolute atomic E-state index is 5.88. The van der Waals surface area contributed by atoms with Crippen LogP contribution < -0.4 is 5.73 Å². The molecule has 2 unspecified atom stereocenters. The van der Waals surface area contributed by atoms with Crippen LogP contribution in [0.4, 0.5) is 0 Å². The lowest BCUT2D eigenvalue weighted by atomic mass is 9.79. The van der Waals surface area contributed by atoms with E-state index in [1.54, 1.807) is 0 Å². The van der Waals surface area contributed by atoms with Gasteiger partial charge < -0.3 is 5.73 Å². The predicted molar refractivity (Wildman–Crippen MR) is 71.4 cm³/mol. The average Bonchev–Trinajstić information content (AvgIpc) is 2.30. The molecule has 0 aromatic rings. The molecular formula is C14H28N2. The predicted octanol–water partition coefficient (Wildman–Crippen LogP) is 2.65. The zero-order valence-electron chi connectivity index (χ0n) is 10.8. The first-order valence-electron chi connectivity index (χ1n) is 6.85. The van der Waals surface area contributed by atoms with Crippen LogP contribution in [0.15, 0.2) is 12.7 Å². The molecule has 0 aliphatic heterocycles. The van der Waals surface area contributed by atoms with Crippen molar-refractivity contribution in [2.45, 2.75) is 39.0 Å². The molecule has 2 nitrogen and oxygen atoms in total. The largest absolute Gasteiger partial charge is 0.330 e. The van der Waals surface area contributed by atoms with Crippen LogP contribution in [-0.2, 0) is 0 Å². The van der Waals surface area contributed by atoms with E-state index >= 15 is 0 Å². The second kappa shape index (κ2) is 7.86. The third-order valence-electron chi connectivity index (χ3n) is 3.79. The van der Waals surface area contributed by atoms with Crippen LogP contribution >= 0.6 is 0 Å². The number of hydrogen-bond donors (Lipinski definition) is 1. The topological polar surface area (TPSA) is 29.3 Å². The second-order valence-corrected chi connectivity index (χ2v) is 5.09. The molecule has 1 aliphatic rings. The smallest absolute Gasteiger partial charge is 0.0160 e. The van der Waals surface area contributed by atoms with E-state index in [4.69, 9.17) is 5.73 Å². The Balaban J connectivity index is 2.43. The molecule has 0 bridgehead atoms. The Bertz CT molecular complexity index is 191. The summed E-state index contributed by atoms with van der Waals surface area (Å²) < 4.78 is 0. The summed E-state index contributed by atoms with van der Waals surface area (Å²) in [6.45, 7) is 10.4. The van der Waals surface area contributed by atoms with Gasteiger partial charge in [-0.15, -0.1) is 6.58 Å². The van der Waals surface area contributed by atoms with Gasteiger partial charge in [-0.1, -0.05) is 25.8 Å². The fourth-order valence-corrected chi connectivity index (χ4v) is 2.92. The molecule has 0 saturated heterocycles. The van der Waals surface area contributed by atoms with E-state index in [1.807, 2.05) is 6.08 Å². The van der Waals surface area contributed by atoms with Gasteiger partial charge in [-0.05, 0) is 44.2 Å². The number of rotatable bonds is 7. The van der Waals surface area contributed by atoms with Gasteiger partial charge in [0.05, 0.1) is 0 Å². The molecule has 1 rings (SSSR count). The minimum Gasteiger partial charge on any atom is -0.330 e. The first kappa shape index (κ1) is 13.7. The van der Waals surface area contributed by atoms with Gasteiger partial charge in [0, 0.05) is 13.1 Å². The van der Waals surface area contributed by atoms with E-state index in [1.165, 1.54) is 45.2 Å². The van der Waals surface area contributed by atoms with Crippen molar-refractivity contribution in [1.82, 2.24) is 4.90 Å². The standard InChI is InChI=1S/C14H28N2/c1-3-9-16(10-4-2)12-14-8-6-5-7-13(14)11-15/h3,13-14H,1,4-12,15H2,2H3. The van der Waals surface area contributed by atoms with Crippen molar-refractivity contribution in [3.8, 4) is 0 Å². The molecule has 0 radical (unpaired) electrons. The van der Waals surface area contributed by atoms with E-state index < -0.39 is 0 Å². The van der Waals surface area contributed by atoms with Crippen LogP contribution in [0.1, 0.15) is 39.0 Å². The lowest BCUT2D eigenvalue weighted by molar-refractivity contribution is 0.164. The van der Waals surface area contributed by atoms with E-state index in [9.17, 15) is 0 Å². The molecule has 2 heteroatoms. The van der Waals surface area contributed by atoms with Gasteiger partial charge in [0.1, 0.15) is 0 Å². The minimum absolute atomic E-state index is 0.762. The summed E-state index contributed by atoms with van der Waals surface area (Å²) in [6.07, 6.45) is 8.75. The molecule has 2 atom stereocenters. The van der Waals surface area contributed by atoms with Crippen LogP contribution in [0.3, 0.4) is 0 Å². The Labute approximate surface area is 101 Å². The van der Waals surface area contributed by atoms with Crippen LogP contribution in [0, 0.1) is 11.8 Å². The number of nitrogens with two attached hydrogens (primary N) is 1. The summed E-state index contributed by atoms with van der Waals surface area (Å²) in [5.41, 5.74) is 5.88. The molecule has 94 valence electrons. The molecule has 1 saturated carbocycles. The number of nitrogens with zero attached hydrogens (tertiary/aromatic N) is 1. The zero-order valence-corrected chi connectivity index (χ0v) is 10.8. The Morgan fingerprint density at radius 3 is 2.56 bits per heavy atom. The zero-order chi connectivity index (χ0) is 11.8. The summed E-state index contributed by atoms with van der Waals surface area (Å²) in [5, 5.41) is 0. The van der Waals surface area contributed by atoms with E-state index in [0.29, 0.717) is 0 Å². The van der Waals surface area contributed by atoms with Gasteiger partial charge in [-0.3, -0.25) is 4.90 Å². The molecule has 0 aromatic carbocycles. The molecule has 0 spiro atoms. The van der Waals surface area contributed by atoms with Gasteiger partial charge in [0.25, 0.3) is 0 Å². The first-order chi connectivity index (χ1) is 7.81. The van der Waals surface area contributed by atoms with Crippen molar-refractivity contribution in [2.75, 3.05) is 26.2 Å². The molecule has 1 fully saturated rings. The highest BCUT2D eigenvalue weighted by atomic mass is 15.1. The van der Waals surface area contributed by atoms with Crippen molar-refractivity contribution in [3.05, 3.63) is 12.7 Å². The quantitative estimate of drug-likeness (QED) is 0.674. The van der Waals surface area contributed by atoms with Gasteiger partial charge in [-0.2, -0.15) is 0 Å². The van der Waals surface area contributed by atoms with Crippen molar-refractivity contribution in [1.29, 1.82) is 0 Å². The summed E-state index contributed by atoms with van der Waals surface area (Å²) >= 11 is 0. The summed E-state index contributed by atoms with van der Waals surface area (Å²) in [4.78, 5) is 2.53. The van der Waals surface area contributed by atoms with Gasteiger partial charge in [0.2, 0.25) is 0 Å². The summed E-state index contributed by atoms with van der Waals surface area (Å²) in [7, 11) is 0. The molecule has 0 amide bonds. The Hall–Kier alpha value is -0.340. The Kier molecular flexibility index (Phi) is 6.74. The highest BCUT2D eigenvalue weighted by molar-refractivity contribution is 4.81. The minimum atomic E-state index is 0.762. The lowest BCUT2D eigenvalue weighted by Gasteiger charge is -2.34. The average molecular weight is 224 g/mol. The molecule has 1 aliphatic carbocycles. The normalized spacial score (nSPS) is 25.9. The molecule has 2 N–H and O–H groups in total. The van der Waals surface area contributed by atoms with E-state index in [0.717, 1.165) is 24.9 Å². The molecule has 0 heterocycles. The Morgan fingerprint density at radius 1 is 1.31 bits per heavy atom. The van der Waals surface area contributed by atoms with E-state index in [2.05, 4.69) is 18.4 Å². The van der Waals surface area contributed by atoms with E-state index in [-0.39, 0.29) is 0 Å².